The number of hydrogen-bond acceptors (Lipinski definition) is 5. The Morgan fingerprint density at radius 2 is 2.05 bits per heavy atom. The van der Waals surface area contributed by atoms with E-state index in [1.165, 1.54) is 6.07 Å². The SMILES string of the molecule is Cc1nccc(CNS(=O)(=O)c2cc(C#N)ccc2C)n1. The molecule has 0 unspecified atom stereocenters. The van der Waals surface area contributed by atoms with E-state index in [4.69, 9.17) is 5.26 Å². The van der Waals surface area contributed by atoms with Gasteiger partial charge in [-0.15, -0.1) is 0 Å². The number of nitrogens with zero attached hydrogens (tertiary/aromatic N) is 3. The molecule has 1 N–H and O–H groups in total. The summed E-state index contributed by atoms with van der Waals surface area (Å²) in [6.45, 7) is 3.49. The van der Waals surface area contributed by atoms with Crippen molar-refractivity contribution in [3.8, 4) is 6.07 Å². The van der Waals surface area contributed by atoms with Gasteiger partial charge in [0.25, 0.3) is 0 Å². The molecule has 0 aliphatic carbocycles. The lowest BCUT2D eigenvalue weighted by atomic mass is 10.2. The van der Waals surface area contributed by atoms with Gasteiger partial charge in [0.05, 0.1) is 28.8 Å². The Hall–Kier alpha value is -2.30. The van der Waals surface area contributed by atoms with Crippen molar-refractivity contribution < 1.29 is 8.42 Å². The molecule has 0 spiro atoms. The smallest absolute Gasteiger partial charge is 0.241 e. The highest BCUT2D eigenvalue weighted by Gasteiger charge is 2.17. The van der Waals surface area contributed by atoms with Gasteiger partial charge in [0.2, 0.25) is 10.0 Å². The number of benzene rings is 1. The van der Waals surface area contributed by atoms with Gasteiger partial charge in [-0.25, -0.2) is 23.1 Å². The van der Waals surface area contributed by atoms with Crippen LogP contribution in [0.4, 0.5) is 0 Å². The van der Waals surface area contributed by atoms with Gasteiger partial charge >= 0.3 is 0 Å². The first-order valence-corrected chi connectivity index (χ1v) is 7.69. The summed E-state index contributed by atoms with van der Waals surface area (Å²) in [5.41, 5.74) is 1.47. The normalized spacial score (nSPS) is 11.1. The molecular formula is C14H14N4O2S. The average molecular weight is 302 g/mol. The lowest BCUT2D eigenvalue weighted by Crippen LogP contribution is -2.24. The first kappa shape index (κ1) is 15.1. The van der Waals surface area contributed by atoms with Crippen molar-refractivity contribution in [2.45, 2.75) is 25.3 Å². The number of aromatic nitrogens is 2. The molecule has 0 aliphatic heterocycles. The second-order valence-electron chi connectivity index (χ2n) is 4.51. The molecule has 1 heterocycles. The van der Waals surface area contributed by atoms with Crippen LogP contribution in [0.1, 0.15) is 22.6 Å². The van der Waals surface area contributed by atoms with Crippen LogP contribution < -0.4 is 4.72 Å². The van der Waals surface area contributed by atoms with Crippen LogP contribution in [0.5, 0.6) is 0 Å². The Kier molecular flexibility index (Phi) is 4.31. The Morgan fingerprint density at radius 1 is 1.29 bits per heavy atom. The van der Waals surface area contributed by atoms with E-state index in [0.29, 0.717) is 22.6 Å². The molecule has 21 heavy (non-hydrogen) atoms. The summed E-state index contributed by atoms with van der Waals surface area (Å²) in [6, 6.07) is 8.14. The Bertz CT molecular complexity index is 810. The third-order valence-corrected chi connectivity index (χ3v) is 4.43. The predicted molar refractivity (Wildman–Crippen MR) is 76.7 cm³/mol. The molecule has 0 atom stereocenters. The highest BCUT2D eigenvalue weighted by Crippen LogP contribution is 2.16. The van der Waals surface area contributed by atoms with E-state index >= 15 is 0 Å². The molecule has 0 fully saturated rings. The maximum absolute atomic E-state index is 12.3. The molecule has 0 amide bonds. The van der Waals surface area contributed by atoms with Crippen LogP contribution in [0.2, 0.25) is 0 Å². The Balaban J connectivity index is 2.25. The van der Waals surface area contributed by atoms with Crippen LogP contribution in [0, 0.1) is 25.2 Å². The Morgan fingerprint density at radius 3 is 2.71 bits per heavy atom. The lowest BCUT2D eigenvalue weighted by Gasteiger charge is -2.09. The maximum Gasteiger partial charge on any atom is 0.241 e. The fourth-order valence-electron chi connectivity index (χ4n) is 1.81. The minimum atomic E-state index is -3.70. The topological polar surface area (TPSA) is 95.7 Å². The highest BCUT2D eigenvalue weighted by molar-refractivity contribution is 7.89. The molecule has 0 bridgehead atoms. The summed E-state index contributed by atoms with van der Waals surface area (Å²) in [5.74, 6) is 0.578. The summed E-state index contributed by atoms with van der Waals surface area (Å²) in [4.78, 5) is 8.19. The van der Waals surface area contributed by atoms with Crippen LogP contribution in [-0.4, -0.2) is 18.4 Å². The van der Waals surface area contributed by atoms with E-state index in [0.717, 1.165) is 0 Å². The minimum Gasteiger partial charge on any atom is -0.242 e. The van der Waals surface area contributed by atoms with Crippen LogP contribution >= 0.6 is 0 Å². The van der Waals surface area contributed by atoms with Gasteiger partial charge in [-0.05, 0) is 37.6 Å². The van der Waals surface area contributed by atoms with Crippen molar-refractivity contribution in [1.82, 2.24) is 14.7 Å². The zero-order chi connectivity index (χ0) is 15.5. The van der Waals surface area contributed by atoms with Crippen LogP contribution in [0.15, 0.2) is 35.4 Å². The molecule has 1 aromatic heterocycles. The second-order valence-corrected chi connectivity index (χ2v) is 6.25. The van der Waals surface area contributed by atoms with E-state index in [1.54, 1.807) is 38.2 Å². The first-order valence-electron chi connectivity index (χ1n) is 6.21. The van der Waals surface area contributed by atoms with Crippen LogP contribution in [0.25, 0.3) is 0 Å². The van der Waals surface area contributed by atoms with Gasteiger partial charge in [-0.3, -0.25) is 0 Å². The molecule has 0 aliphatic rings. The van der Waals surface area contributed by atoms with E-state index in [9.17, 15) is 8.42 Å². The number of hydrogen-bond donors (Lipinski definition) is 1. The highest BCUT2D eigenvalue weighted by atomic mass is 32.2. The molecule has 6 nitrogen and oxygen atoms in total. The van der Waals surface area contributed by atoms with Gasteiger partial charge in [0, 0.05) is 6.20 Å². The zero-order valence-electron chi connectivity index (χ0n) is 11.7. The third-order valence-electron chi connectivity index (χ3n) is 2.88. The fraction of sp³-hybridized carbons (Fsp3) is 0.214. The number of nitrogens with one attached hydrogen (secondary N) is 1. The second kappa shape index (κ2) is 5.99. The van der Waals surface area contributed by atoms with Gasteiger partial charge in [-0.2, -0.15) is 5.26 Å². The van der Waals surface area contributed by atoms with E-state index in [1.807, 2.05) is 6.07 Å². The Labute approximate surface area is 123 Å². The van der Waals surface area contributed by atoms with Crippen molar-refractivity contribution in [2.75, 3.05) is 0 Å². The number of rotatable bonds is 4. The molecule has 108 valence electrons. The average Bonchev–Trinajstić information content (AvgIpc) is 2.46. The standard InChI is InChI=1S/C14H14N4O2S/c1-10-3-4-12(8-15)7-14(10)21(19,20)17-9-13-5-6-16-11(2)18-13/h3-7,17H,9H2,1-2H3. The lowest BCUT2D eigenvalue weighted by molar-refractivity contribution is 0.579. The van der Waals surface area contributed by atoms with Gasteiger partial charge in [0.1, 0.15) is 5.82 Å². The maximum atomic E-state index is 12.3. The first-order chi connectivity index (χ1) is 9.92. The van der Waals surface area contributed by atoms with Gasteiger partial charge in [-0.1, -0.05) is 6.07 Å². The van der Waals surface area contributed by atoms with Gasteiger partial charge in [0.15, 0.2) is 0 Å². The molecular weight excluding hydrogens is 288 g/mol. The fourth-order valence-corrected chi connectivity index (χ4v) is 3.08. The largest absolute Gasteiger partial charge is 0.242 e. The summed E-state index contributed by atoms with van der Waals surface area (Å²) in [5, 5.41) is 8.87. The van der Waals surface area contributed by atoms with E-state index < -0.39 is 10.0 Å². The van der Waals surface area contributed by atoms with Crippen LogP contribution in [-0.2, 0) is 16.6 Å². The summed E-state index contributed by atoms with van der Waals surface area (Å²) >= 11 is 0. The predicted octanol–water partition coefficient (Wildman–Crippen LogP) is 1.44. The van der Waals surface area contributed by atoms with E-state index in [2.05, 4.69) is 14.7 Å². The molecule has 2 rings (SSSR count). The summed E-state index contributed by atoms with van der Waals surface area (Å²) < 4.78 is 27.1. The third kappa shape index (κ3) is 3.62. The summed E-state index contributed by atoms with van der Waals surface area (Å²) in [6.07, 6.45) is 1.58. The number of aryl methyl sites for hydroxylation is 2. The number of sulfonamides is 1. The minimum absolute atomic E-state index is 0.0713. The van der Waals surface area contributed by atoms with Crippen molar-refractivity contribution in [3.63, 3.8) is 0 Å². The summed E-state index contributed by atoms with van der Waals surface area (Å²) in [7, 11) is -3.70. The molecule has 0 saturated carbocycles. The van der Waals surface area contributed by atoms with Crippen molar-refractivity contribution in [1.29, 1.82) is 5.26 Å². The molecule has 0 saturated heterocycles. The monoisotopic (exact) mass is 302 g/mol. The van der Waals surface area contributed by atoms with Crippen molar-refractivity contribution >= 4 is 10.0 Å². The molecule has 2 aromatic rings. The van der Waals surface area contributed by atoms with E-state index in [-0.39, 0.29) is 11.4 Å². The van der Waals surface area contributed by atoms with Crippen molar-refractivity contribution in [3.05, 3.63) is 53.1 Å². The molecule has 7 heteroatoms. The zero-order valence-corrected chi connectivity index (χ0v) is 12.5. The molecule has 0 radical (unpaired) electrons. The van der Waals surface area contributed by atoms with Crippen molar-refractivity contribution in [2.24, 2.45) is 0 Å². The quantitative estimate of drug-likeness (QED) is 0.922. The molecule has 1 aromatic carbocycles. The van der Waals surface area contributed by atoms with Crippen LogP contribution in [0.3, 0.4) is 0 Å². The number of nitriles is 1. The van der Waals surface area contributed by atoms with Gasteiger partial charge < -0.3 is 0 Å².